The number of hydrogen-bond acceptors (Lipinski definition) is 6. The molecule has 0 saturated carbocycles. The van der Waals surface area contributed by atoms with Gasteiger partial charge in [-0.3, -0.25) is 4.98 Å². The molecule has 0 radical (unpaired) electrons. The van der Waals surface area contributed by atoms with E-state index in [0.717, 1.165) is 11.1 Å². The van der Waals surface area contributed by atoms with Gasteiger partial charge in [-0.15, -0.1) is 5.10 Å². The van der Waals surface area contributed by atoms with Gasteiger partial charge in [0.2, 0.25) is 0 Å². The molecule has 25 heavy (non-hydrogen) atoms. The zero-order valence-electron chi connectivity index (χ0n) is 13.6. The minimum atomic E-state index is 0.341. The number of aromatic nitrogens is 5. The number of rotatable bonds is 4. The Morgan fingerprint density at radius 1 is 1.12 bits per heavy atom. The molecule has 2 N–H and O–H groups in total. The minimum Gasteiger partial charge on any atom is -0.437 e. The van der Waals surface area contributed by atoms with Crippen molar-refractivity contribution in [3.63, 3.8) is 0 Å². The smallest absolute Gasteiger partial charge is 0.251 e. The number of anilines is 1. The second-order valence-corrected chi connectivity index (χ2v) is 5.69. The molecule has 0 saturated heterocycles. The van der Waals surface area contributed by atoms with Crippen LogP contribution >= 0.6 is 0 Å². The molecule has 0 bridgehead atoms. The number of pyridine rings is 1. The van der Waals surface area contributed by atoms with Crippen molar-refractivity contribution in [3.05, 3.63) is 66.2 Å². The van der Waals surface area contributed by atoms with E-state index in [4.69, 9.17) is 10.5 Å². The van der Waals surface area contributed by atoms with Crippen LogP contribution < -0.4 is 10.5 Å². The fourth-order valence-electron chi connectivity index (χ4n) is 2.63. The summed E-state index contributed by atoms with van der Waals surface area (Å²) in [6.45, 7) is 2.54. The van der Waals surface area contributed by atoms with Crippen molar-refractivity contribution in [2.24, 2.45) is 0 Å². The van der Waals surface area contributed by atoms with Crippen LogP contribution in [-0.4, -0.2) is 24.7 Å². The minimum absolute atomic E-state index is 0.341. The molecule has 0 unspecified atom stereocenters. The quantitative estimate of drug-likeness (QED) is 0.618. The third-order valence-corrected chi connectivity index (χ3v) is 3.81. The lowest BCUT2D eigenvalue weighted by Crippen LogP contribution is -2.03. The zero-order chi connectivity index (χ0) is 17.2. The first-order valence-electron chi connectivity index (χ1n) is 7.81. The van der Waals surface area contributed by atoms with Gasteiger partial charge in [-0.2, -0.15) is 0 Å². The van der Waals surface area contributed by atoms with Crippen LogP contribution in [0.5, 0.6) is 11.6 Å². The maximum absolute atomic E-state index is 6.05. The highest BCUT2D eigenvalue weighted by atomic mass is 16.5. The first-order chi connectivity index (χ1) is 12.2. The van der Waals surface area contributed by atoms with E-state index in [9.17, 15) is 0 Å². The summed E-state index contributed by atoms with van der Waals surface area (Å²) in [6.07, 6.45) is 4.92. The van der Waals surface area contributed by atoms with E-state index in [1.165, 1.54) is 6.33 Å². The molecule has 0 aliphatic heterocycles. The second kappa shape index (κ2) is 6.20. The Bertz CT molecular complexity index is 1030. The van der Waals surface area contributed by atoms with Gasteiger partial charge in [0.25, 0.3) is 5.88 Å². The van der Waals surface area contributed by atoms with Crippen molar-refractivity contribution in [2.75, 3.05) is 5.73 Å². The first-order valence-corrected chi connectivity index (χ1v) is 7.81. The van der Waals surface area contributed by atoms with E-state index in [-0.39, 0.29) is 0 Å². The standard InChI is InChI=1S/C18H16N6O/c1-12-3-2-4-14(9-12)25-18-15-16(19)21-11-22-17(15)24(23-18)10-13-5-7-20-8-6-13/h2-9,11H,10H2,1H3,(H2,19,21,22). The number of aryl methyl sites for hydroxylation is 1. The van der Waals surface area contributed by atoms with E-state index in [0.29, 0.717) is 35.0 Å². The molecule has 1 aromatic carbocycles. The molecular weight excluding hydrogens is 316 g/mol. The van der Waals surface area contributed by atoms with Gasteiger partial charge in [0.05, 0.1) is 6.54 Å². The fourth-order valence-corrected chi connectivity index (χ4v) is 2.63. The fraction of sp³-hybridized carbons (Fsp3) is 0.111. The molecule has 0 fully saturated rings. The first kappa shape index (κ1) is 15.1. The molecular formula is C18H16N6O. The van der Waals surface area contributed by atoms with Gasteiger partial charge in [0.1, 0.15) is 23.3 Å². The molecule has 3 heterocycles. The number of nitrogen functional groups attached to an aromatic ring is 1. The average Bonchev–Trinajstić information content (AvgIpc) is 2.95. The van der Waals surface area contributed by atoms with Crippen LogP contribution in [0.15, 0.2) is 55.1 Å². The average molecular weight is 332 g/mol. The van der Waals surface area contributed by atoms with E-state index >= 15 is 0 Å². The summed E-state index contributed by atoms with van der Waals surface area (Å²) in [5.74, 6) is 1.43. The Balaban J connectivity index is 1.79. The number of nitrogens with zero attached hydrogens (tertiary/aromatic N) is 5. The molecule has 3 aromatic heterocycles. The number of hydrogen-bond donors (Lipinski definition) is 1. The van der Waals surface area contributed by atoms with Gasteiger partial charge in [-0.05, 0) is 42.3 Å². The molecule has 0 spiro atoms. The van der Waals surface area contributed by atoms with Crippen LogP contribution in [0.25, 0.3) is 11.0 Å². The lowest BCUT2D eigenvalue weighted by Gasteiger charge is -2.04. The van der Waals surface area contributed by atoms with Crippen molar-refractivity contribution in [2.45, 2.75) is 13.5 Å². The highest BCUT2D eigenvalue weighted by Gasteiger charge is 2.17. The largest absolute Gasteiger partial charge is 0.437 e. The molecule has 0 aliphatic rings. The van der Waals surface area contributed by atoms with E-state index < -0.39 is 0 Å². The van der Waals surface area contributed by atoms with Crippen LogP contribution in [0, 0.1) is 6.92 Å². The molecule has 4 aromatic rings. The van der Waals surface area contributed by atoms with E-state index in [1.807, 2.05) is 43.3 Å². The summed E-state index contributed by atoms with van der Waals surface area (Å²) in [6, 6.07) is 11.6. The summed E-state index contributed by atoms with van der Waals surface area (Å²) in [7, 11) is 0. The Hall–Kier alpha value is -3.48. The number of ether oxygens (including phenoxy) is 1. The summed E-state index contributed by atoms with van der Waals surface area (Å²) in [4.78, 5) is 12.4. The lowest BCUT2D eigenvalue weighted by atomic mass is 10.2. The van der Waals surface area contributed by atoms with Crippen molar-refractivity contribution < 1.29 is 4.74 Å². The van der Waals surface area contributed by atoms with Crippen molar-refractivity contribution in [3.8, 4) is 11.6 Å². The third kappa shape index (κ3) is 2.99. The Labute approximate surface area is 144 Å². The van der Waals surface area contributed by atoms with Crippen molar-refractivity contribution in [1.29, 1.82) is 0 Å². The zero-order valence-corrected chi connectivity index (χ0v) is 13.6. The molecule has 124 valence electrons. The molecule has 4 rings (SSSR count). The second-order valence-electron chi connectivity index (χ2n) is 5.69. The van der Waals surface area contributed by atoms with Crippen LogP contribution in [0.1, 0.15) is 11.1 Å². The highest BCUT2D eigenvalue weighted by molar-refractivity contribution is 5.90. The molecule has 0 aliphatic carbocycles. The van der Waals surface area contributed by atoms with Crippen LogP contribution in [0.2, 0.25) is 0 Å². The lowest BCUT2D eigenvalue weighted by molar-refractivity contribution is 0.455. The van der Waals surface area contributed by atoms with Crippen LogP contribution in [0.4, 0.5) is 5.82 Å². The summed E-state index contributed by atoms with van der Waals surface area (Å²) in [5, 5.41) is 5.17. The van der Waals surface area contributed by atoms with Crippen molar-refractivity contribution in [1.82, 2.24) is 24.7 Å². The van der Waals surface area contributed by atoms with Gasteiger partial charge in [-0.1, -0.05) is 12.1 Å². The summed E-state index contributed by atoms with van der Waals surface area (Å²) >= 11 is 0. The number of nitrogens with two attached hydrogens (primary N) is 1. The maximum Gasteiger partial charge on any atom is 0.251 e. The predicted octanol–water partition coefficient (Wildman–Crippen LogP) is 2.95. The van der Waals surface area contributed by atoms with Crippen molar-refractivity contribution >= 4 is 16.9 Å². The third-order valence-electron chi connectivity index (χ3n) is 3.81. The monoisotopic (exact) mass is 332 g/mol. The molecule has 0 amide bonds. The number of fused-ring (bicyclic) bond motifs is 1. The van der Waals surface area contributed by atoms with Crippen LogP contribution in [0.3, 0.4) is 0 Å². The van der Waals surface area contributed by atoms with Gasteiger partial charge in [0, 0.05) is 12.4 Å². The normalized spacial score (nSPS) is 10.9. The predicted molar refractivity (Wildman–Crippen MR) is 94.3 cm³/mol. The van der Waals surface area contributed by atoms with Gasteiger partial charge >= 0.3 is 0 Å². The van der Waals surface area contributed by atoms with Gasteiger partial charge in [0.15, 0.2) is 5.65 Å². The Kier molecular flexibility index (Phi) is 3.74. The van der Waals surface area contributed by atoms with E-state index in [1.54, 1.807) is 17.1 Å². The Morgan fingerprint density at radius 2 is 1.96 bits per heavy atom. The molecule has 0 atom stereocenters. The van der Waals surface area contributed by atoms with Gasteiger partial charge < -0.3 is 10.5 Å². The topological polar surface area (TPSA) is 91.7 Å². The highest BCUT2D eigenvalue weighted by Crippen LogP contribution is 2.31. The summed E-state index contributed by atoms with van der Waals surface area (Å²) in [5.41, 5.74) is 8.84. The van der Waals surface area contributed by atoms with E-state index in [2.05, 4.69) is 20.1 Å². The van der Waals surface area contributed by atoms with Gasteiger partial charge in [-0.25, -0.2) is 14.6 Å². The summed E-state index contributed by atoms with van der Waals surface area (Å²) < 4.78 is 7.73. The molecule has 7 heteroatoms. The molecule has 7 nitrogen and oxygen atoms in total. The van der Waals surface area contributed by atoms with Crippen LogP contribution in [-0.2, 0) is 6.54 Å². The SMILES string of the molecule is Cc1cccc(Oc2nn(Cc3ccncc3)c3ncnc(N)c23)c1. The maximum atomic E-state index is 6.05. The Morgan fingerprint density at radius 3 is 2.76 bits per heavy atom. The number of benzene rings is 1.